The number of aromatic nitrogens is 4. The summed E-state index contributed by atoms with van der Waals surface area (Å²) in [5, 5.41) is 8.12. The topological polar surface area (TPSA) is 113 Å². The summed E-state index contributed by atoms with van der Waals surface area (Å²) in [5.41, 5.74) is 7.27. The Morgan fingerprint density at radius 3 is 2.56 bits per heavy atom. The Morgan fingerprint density at radius 2 is 1.82 bits per heavy atom. The van der Waals surface area contributed by atoms with E-state index in [-0.39, 0.29) is 23.1 Å². The molecule has 0 fully saturated rings. The highest BCUT2D eigenvalue weighted by atomic mass is 28.4. The van der Waals surface area contributed by atoms with Gasteiger partial charge in [0, 0.05) is 61.8 Å². The van der Waals surface area contributed by atoms with Crippen molar-refractivity contribution in [1.29, 1.82) is 0 Å². The molecule has 0 saturated carbocycles. The van der Waals surface area contributed by atoms with E-state index < -0.39 is 14.3 Å². The van der Waals surface area contributed by atoms with Crippen molar-refractivity contribution in [2.24, 2.45) is 7.05 Å². The number of fused-ring (bicyclic) bond motifs is 3. The van der Waals surface area contributed by atoms with Crippen LogP contribution in [0.5, 0.6) is 0 Å². The smallest absolute Gasteiger partial charge is 0.302 e. The molecule has 266 valence electrons. The van der Waals surface area contributed by atoms with Gasteiger partial charge in [-0.1, -0.05) is 32.9 Å². The fraction of sp³-hybridized carbons (Fsp3) is 0.474. The summed E-state index contributed by atoms with van der Waals surface area (Å²) in [5.74, 6) is 0.0821. The predicted octanol–water partition coefficient (Wildman–Crippen LogP) is 6.73. The molecule has 4 heterocycles. The van der Waals surface area contributed by atoms with E-state index in [1.54, 1.807) is 24.2 Å². The van der Waals surface area contributed by atoms with Gasteiger partial charge in [0.15, 0.2) is 14.1 Å². The average molecular weight is 699 g/mol. The van der Waals surface area contributed by atoms with Gasteiger partial charge in [0.1, 0.15) is 18.0 Å². The Kier molecular flexibility index (Phi) is 9.71. The van der Waals surface area contributed by atoms with E-state index in [4.69, 9.17) is 14.3 Å². The van der Waals surface area contributed by atoms with Gasteiger partial charge in [0.25, 0.3) is 11.5 Å². The molecule has 0 atom stereocenters. The van der Waals surface area contributed by atoms with Gasteiger partial charge in [0.2, 0.25) is 0 Å². The maximum atomic E-state index is 14.0. The van der Waals surface area contributed by atoms with Gasteiger partial charge >= 0.3 is 5.97 Å². The number of pyridine rings is 1. The van der Waals surface area contributed by atoms with Crippen LogP contribution < -0.4 is 15.8 Å². The molecule has 1 amide bonds. The summed E-state index contributed by atoms with van der Waals surface area (Å²) in [6, 6.07) is 11.5. The highest BCUT2D eigenvalue weighted by Crippen LogP contribution is 2.38. The van der Waals surface area contributed by atoms with Gasteiger partial charge in [-0.05, 0) is 80.1 Å². The van der Waals surface area contributed by atoms with Crippen LogP contribution in [0.1, 0.15) is 73.5 Å². The van der Waals surface area contributed by atoms with Crippen LogP contribution in [0, 0.1) is 6.92 Å². The van der Waals surface area contributed by atoms with Crippen LogP contribution in [0.15, 0.2) is 47.4 Å². The number of benzene rings is 1. The zero-order chi connectivity index (χ0) is 36.0. The number of hydrogen-bond acceptors (Lipinski definition) is 7. The number of anilines is 3. The van der Waals surface area contributed by atoms with E-state index in [0.717, 1.165) is 42.5 Å². The molecule has 3 aromatic heterocycles. The van der Waals surface area contributed by atoms with Gasteiger partial charge in [-0.2, -0.15) is 5.10 Å². The summed E-state index contributed by atoms with van der Waals surface area (Å²) < 4.78 is 17.6. The largest absolute Gasteiger partial charge is 0.461 e. The van der Waals surface area contributed by atoms with Gasteiger partial charge < -0.3 is 28.5 Å². The van der Waals surface area contributed by atoms with Crippen molar-refractivity contribution in [2.75, 3.05) is 23.4 Å². The molecule has 0 radical (unpaired) electrons. The van der Waals surface area contributed by atoms with Crippen molar-refractivity contribution in [3.05, 3.63) is 81.2 Å². The van der Waals surface area contributed by atoms with E-state index in [9.17, 15) is 14.4 Å². The number of ether oxygens (including phenoxy) is 1. The molecule has 6 rings (SSSR count). The lowest BCUT2D eigenvalue weighted by atomic mass is 9.98. The van der Waals surface area contributed by atoms with Crippen molar-refractivity contribution in [3.63, 3.8) is 0 Å². The van der Waals surface area contributed by atoms with Crippen LogP contribution in [0.2, 0.25) is 18.1 Å². The van der Waals surface area contributed by atoms with Crippen molar-refractivity contribution in [3.8, 4) is 11.1 Å². The number of hydrogen-bond donors (Lipinski definition) is 1. The molecule has 4 aromatic rings. The second-order valence-electron chi connectivity index (χ2n) is 15.1. The van der Waals surface area contributed by atoms with E-state index in [0.29, 0.717) is 54.7 Å². The molecule has 0 spiro atoms. The molecule has 0 bridgehead atoms. The minimum Gasteiger partial charge on any atom is -0.461 e. The maximum Gasteiger partial charge on any atom is 0.302 e. The quantitative estimate of drug-likeness (QED) is 0.144. The Balaban J connectivity index is 1.30. The van der Waals surface area contributed by atoms with Crippen molar-refractivity contribution in [2.45, 2.75) is 98.1 Å². The maximum absolute atomic E-state index is 14.0. The first kappa shape index (κ1) is 35.4. The third kappa shape index (κ3) is 6.95. The minimum absolute atomic E-state index is 0.0196. The highest BCUT2D eigenvalue weighted by Gasteiger charge is 2.37. The zero-order valence-corrected chi connectivity index (χ0v) is 31.7. The molecule has 12 heteroatoms. The Labute approximate surface area is 295 Å². The Morgan fingerprint density at radius 1 is 1.06 bits per heavy atom. The number of esters is 1. The number of carbonyl (C=O) groups is 2. The molecule has 1 aliphatic heterocycles. The van der Waals surface area contributed by atoms with Crippen LogP contribution in [-0.4, -0.2) is 52.3 Å². The standard InChI is InChI=1S/C38H50N6O5Si/c1-25-20-35(40-44(25)18-19-49-50(7,8)38(3,4)5)39-31-21-28(23-41(6)36(31)46)29-13-11-15-33(30(29)24-48-26(2)45)43-17-16-42-32-14-10-9-12-27(32)22-34(42)37(43)47/h11,13,15,20-23H,9-10,12,14,16-19,24H2,1-8H3,(H,39,40). The first-order valence-corrected chi connectivity index (χ1v) is 20.5. The minimum atomic E-state index is -1.89. The van der Waals surface area contributed by atoms with Crippen LogP contribution in [0.25, 0.3) is 11.1 Å². The number of nitrogens with zero attached hydrogens (tertiary/aromatic N) is 5. The van der Waals surface area contributed by atoms with Crippen molar-refractivity contribution in [1.82, 2.24) is 18.9 Å². The molecule has 1 aliphatic carbocycles. The zero-order valence-electron chi connectivity index (χ0n) is 30.7. The molecule has 2 aliphatic rings. The fourth-order valence-corrected chi connectivity index (χ4v) is 7.81. The van der Waals surface area contributed by atoms with E-state index in [2.05, 4.69) is 49.8 Å². The van der Waals surface area contributed by atoms with E-state index in [1.807, 2.05) is 35.9 Å². The monoisotopic (exact) mass is 698 g/mol. The third-order valence-corrected chi connectivity index (χ3v) is 15.1. The molecular formula is C38H50N6O5Si. The lowest BCUT2D eigenvalue weighted by Gasteiger charge is -2.36. The number of amides is 1. The highest BCUT2D eigenvalue weighted by molar-refractivity contribution is 6.74. The summed E-state index contributed by atoms with van der Waals surface area (Å²) in [6.45, 7) is 16.9. The van der Waals surface area contributed by atoms with Gasteiger partial charge in [0.05, 0.1) is 18.8 Å². The van der Waals surface area contributed by atoms with Gasteiger partial charge in [-0.3, -0.25) is 19.1 Å². The second-order valence-corrected chi connectivity index (χ2v) is 19.9. The summed E-state index contributed by atoms with van der Waals surface area (Å²) in [7, 11) is -0.181. The fourth-order valence-electron chi connectivity index (χ4n) is 6.78. The van der Waals surface area contributed by atoms with Crippen LogP contribution >= 0.6 is 0 Å². The first-order chi connectivity index (χ1) is 23.6. The average Bonchev–Trinajstić information content (AvgIpc) is 3.61. The number of carbonyl (C=O) groups excluding carboxylic acids is 2. The van der Waals surface area contributed by atoms with Crippen molar-refractivity contribution < 1.29 is 18.8 Å². The van der Waals surface area contributed by atoms with Crippen LogP contribution in [-0.2, 0) is 53.5 Å². The Bertz CT molecular complexity index is 2000. The summed E-state index contributed by atoms with van der Waals surface area (Å²) in [6.07, 6.45) is 6.07. The number of nitrogens with one attached hydrogen (secondary N) is 1. The normalized spacial score (nSPS) is 14.8. The molecule has 1 aromatic carbocycles. The van der Waals surface area contributed by atoms with E-state index in [1.165, 1.54) is 22.7 Å². The van der Waals surface area contributed by atoms with E-state index >= 15 is 0 Å². The predicted molar refractivity (Wildman–Crippen MR) is 199 cm³/mol. The van der Waals surface area contributed by atoms with Gasteiger partial charge in [-0.25, -0.2) is 0 Å². The molecule has 50 heavy (non-hydrogen) atoms. The lowest BCUT2D eigenvalue weighted by molar-refractivity contribution is -0.142. The number of rotatable bonds is 10. The summed E-state index contributed by atoms with van der Waals surface area (Å²) in [4.78, 5) is 41.3. The molecule has 0 unspecified atom stereocenters. The number of aryl methyl sites for hydroxylation is 3. The molecule has 11 nitrogen and oxygen atoms in total. The summed E-state index contributed by atoms with van der Waals surface area (Å²) >= 11 is 0. The van der Waals surface area contributed by atoms with Crippen LogP contribution in [0.3, 0.4) is 0 Å². The molecular weight excluding hydrogens is 649 g/mol. The van der Waals surface area contributed by atoms with Crippen LogP contribution in [0.4, 0.5) is 17.2 Å². The lowest BCUT2D eigenvalue weighted by Crippen LogP contribution is -2.41. The first-order valence-electron chi connectivity index (χ1n) is 17.6. The molecule has 0 saturated heterocycles. The Hall–Kier alpha value is -4.42. The molecule has 1 N–H and O–H groups in total. The second kappa shape index (κ2) is 13.7. The SMILES string of the molecule is CC(=O)OCc1c(-c2cc(Nc3cc(C)n(CCO[Si](C)(C)C(C)(C)C)n3)c(=O)n(C)c2)cccc1N1CCn2c(cc3c2CCCC3)C1=O. The van der Waals surface area contributed by atoms with Crippen molar-refractivity contribution >= 4 is 37.4 Å². The third-order valence-electron chi connectivity index (χ3n) is 10.6. The van der Waals surface area contributed by atoms with Gasteiger partial charge in [-0.15, -0.1) is 0 Å².